The van der Waals surface area contributed by atoms with Crippen LogP contribution in [-0.4, -0.2) is 5.91 Å². The first kappa shape index (κ1) is 13.5. The van der Waals surface area contributed by atoms with Gasteiger partial charge in [-0.25, -0.2) is 4.39 Å². The predicted octanol–water partition coefficient (Wildman–Crippen LogP) is 4.75. The fraction of sp³-hybridized carbons (Fsp3) is 0.316. The lowest BCUT2D eigenvalue weighted by Crippen LogP contribution is -2.04. The minimum Gasteiger partial charge on any atom is -0.319 e. The zero-order valence-electron chi connectivity index (χ0n) is 12.6. The molecule has 22 heavy (non-hydrogen) atoms. The van der Waals surface area contributed by atoms with Gasteiger partial charge in [0.2, 0.25) is 0 Å². The fourth-order valence-corrected chi connectivity index (χ4v) is 3.83. The first-order chi connectivity index (χ1) is 10.6. The highest BCUT2D eigenvalue weighted by Gasteiger charge is 2.29. The summed E-state index contributed by atoms with van der Waals surface area (Å²) < 4.78 is 13.8. The number of hydrogen-bond acceptors (Lipinski definition) is 1. The summed E-state index contributed by atoms with van der Waals surface area (Å²) in [7, 11) is 0. The van der Waals surface area contributed by atoms with Crippen molar-refractivity contribution in [3.8, 4) is 0 Å². The van der Waals surface area contributed by atoms with Crippen LogP contribution in [0.15, 0.2) is 46.6 Å². The fourth-order valence-electron chi connectivity index (χ4n) is 3.83. The van der Waals surface area contributed by atoms with Gasteiger partial charge in [0.05, 0.1) is 5.69 Å². The van der Waals surface area contributed by atoms with Crippen molar-refractivity contribution in [3.63, 3.8) is 0 Å². The zero-order valence-corrected chi connectivity index (χ0v) is 12.6. The van der Waals surface area contributed by atoms with E-state index in [4.69, 9.17) is 0 Å². The minimum atomic E-state index is -0.371. The number of carbonyl (C=O) groups is 1. The van der Waals surface area contributed by atoms with Gasteiger partial charge >= 0.3 is 0 Å². The summed E-state index contributed by atoms with van der Waals surface area (Å²) in [6.07, 6.45) is 7.78. The monoisotopic (exact) mass is 295 g/mol. The number of nitrogens with one attached hydrogen (secondary N) is 1. The Bertz CT molecular complexity index is 783. The number of amides is 1. The normalized spacial score (nSPS) is 22.3. The first-order valence-corrected chi connectivity index (χ1v) is 7.88. The smallest absolute Gasteiger partial charge is 0.256 e. The van der Waals surface area contributed by atoms with Crippen LogP contribution < -0.4 is 5.32 Å². The lowest BCUT2D eigenvalue weighted by atomic mass is 9.91. The third kappa shape index (κ3) is 1.96. The predicted molar refractivity (Wildman–Crippen MR) is 85.8 cm³/mol. The van der Waals surface area contributed by atoms with E-state index in [1.165, 1.54) is 47.6 Å². The molecule has 0 spiro atoms. The molecule has 112 valence electrons. The van der Waals surface area contributed by atoms with Crippen LogP contribution in [0, 0.1) is 5.82 Å². The molecule has 1 aromatic rings. The molecule has 2 aliphatic carbocycles. The van der Waals surface area contributed by atoms with Crippen LogP contribution in [0.3, 0.4) is 0 Å². The molecule has 4 rings (SSSR count). The lowest BCUT2D eigenvalue weighted by Gasteiger charge is -2.14. The Kier molecular flexibility index (Phi) is 3.03. The van der Waals surface area contributed by atoms with Crippen molar-refractivity contribution in [1.82, 2.24) is 0 Å². The summed E-state index contributed by atoms with van der Waals surface area (Å²) in [6.45, 7) is 2.15. The minimum absolute atomic E-state index is 0.203. The molecule has 1 aromatic carbocycles. The van der Waals surface area contributed by atoms with Crippen molar-refractivity contribution in [3.05, 3.63) is 57.9 Å². The Hall–Kier alpha value is -2.16. The van der Waals surface area contributed by atoms with E-state index in [-0.39, 0.29) is 11.7 Å². The third-order valence-electron chi connectivity index (χ3n) is 5.03. The van der Waals surface area contributed by atoms with Gasteiger partial charge in [-0.2, -0.15) is 0 Å². The van der Waals surface area contributed by atoms with E-state index < -0.39 is 0 Å². The van der Waals surface area contributed by atoms with Gasteiger partial charge in [0.15, 0.2) is 0 Å². The van der Waals surface area contributed by atoms with E-state index in [0.717, 1.165) is 12.8 Å². The molecule has 0 atom stereocenters. The van der Waals surface area contributed by atoms with Gasteiger partial charge in [0.1, 0.15) is 5.82 Å². The molecule has 1 heterocycles. The first-order valence-electron chi connectivity index (χ1n) is 7.88. The van der Waals surface area contributed by atoms with E-state index >= 15 is 0 Å². The summed E-state index contributed by atoms with van der Waals surface area (Å²) >= 11 is 0. The number of fused-ring (bicyclic) bond motifs is 1. The van der Waals surface area contributed by atoms with E-state index in [0.29, 0.717) is 16.8 Å². The van der Waals surface area contributed by atoms with Gasteiger partial charge < -0.3 is 5.32 Å². The highest BCUT2D eigenvalue weighted by Crippen LogP contribution is 2.43. The zero-order chi connectivity index (χ0) is 15.3. The molecule has 0 fully saturated rings. The number of para-hydroxylation sites is 1. The number of halogens is 1. The van der Waals surface area contributed by atoms with Crippen molar-refractivity contribution >= 4 is 17.2 Å². The Morgan fingerprint density at radius 1 is 1.23 bits per heavy atom. The average molecular weight is 295 g/mol. The van der Waals surface area contributed by atoms with E-state index in [2.05, 4.69) is 12.2 Å². The third-order valence-corrected chi connectivity index (χ3v) is 5.03. The van der Waals surface area contributed by atoms with Crippen LogP contribution in [-0.2, 0) is 4.79 Å². The number of hydrogen-bond donors (Lipinski definition) is 1. The number of benzene rings is 1. The molecule has 1 aliphatic heterocycles. The van der Waals surface area contributed by atoms with Crippen LogP contribution in [0.1, 0.15) is 44.6 Å². The molecule has 3 aliphatic rings. The number of carbonyl (C=O) groups excluding carboxylic acids is 1. The molecule has 0 aromatic heterocycles. The molecular formula is C19H18FNO. The Balaban J connectivity index is 1.75. The SMILES string of the molecule is CC1=C(C=C2C(=O)Nc3c(F)cccc32)CC2=C1CCCC2. The summed E-state index contributed by atoms with van der Waals surface area (Å²) in [5, 5.41) is 2.65. The maximum atomic E-state index is 13.8. The summed E-state index contributed by atoms with van der Waals surface area (Å²) in [5.74, 6) is -0.575. The highest BCUT2D eigenvalue weighted by atomic mass is 19.1. The highest BCUT2D eigenvalue weighted by molar-refractivity contribution is 6.32. The van der Waals surface area contributed by atoms with Gasteiger partial charge in [0, 0.05) is 11.1 Å². The Labute approximate surface area is 129 Å². The number of allylic oxidation sites excluding steroid dienone is 5. The maximum Gasteiger partial charge on any atom is 0.256 e. The van der Waals surface area contributed by atoms with Crippen LogP contribution in [0.2, 0.25) is 0 Å². The molecule has 2 nitrogen and oxygen atoms in total. The molecule has 1 N–H and O–H groups in total. The van der Waals surface area contributed by atoms with Gasteiger partial charge in [-0.3, -0.25) is 4.79 Å². The quantitative estimate of drug-likeness (QED) is 0.744. The topological polar surface area (TPSA) is 29.1 Å². The summed E-state index contributed by atoms with van der Waals surface area (Å²) in [4.78, 5) is 12.2. The molecule has 3 heteroatoms. The van der Waals surface area contributed by atoms with Crippen molar-refractivity contribution in [2.45, 2.75) is 39.0 Å². The molecule has 1 amide bonds. The molecule has 0 saturated heterocycles. The van der Waals surface area contributed by atoms with E-state index in [1.807, 2.05) is 6.08 Å². The van der Waals surface area contributed by atoms with Gasteiger partial charge in [-0.15, -0.1) is 0 Å². The molecule has 0 bridgehead atoms. The average Bonchev–Trinajstić information content (AvgIpc) is 3.00. The number of rotatable bonds is 1. The summed E-state index contributed by atoms with van der Waals surface area (Å²) in [5.41, 5.74) is 7.14. The van der Waals surface area contributed by atoms with Crippen LogP contribution in [0.5, 0.6) is 0 Å². The van der Waals surface area contributed by atoms with Crippen molar-refractivity contribution in [2.24, 2.45) is 0 Å². The second kappa shape index (κ2) is 4.94. The largest absolute Gasteiger partial charge is 0.319 e. The van der Waals surface area contributed by atoms with E-state index in [1.54, 1.807) is 12.1 Å². The molecule has 0 radical (unpaired) electrons. The number of anilines is 1. The van der Waals surface area contributed by atoms with Crippen molar-refractivity contribution in [2.75, 3.05) is 5.32 Å². The molecule has 0 unspecified atom stereocenters. The lowest BCUT2D eigenvalue weighted by molar-refractivity contribution is -0.110. The summed E-state index contributed by atoms with van der Waals surface area (Å²) in [6, 6.07) is 4.84. The Morgan fingerprint density at radius 2 is 2.05 bits per heavy atom. The standard InChI is InChI=1S/C19H18FNO/c1-11-13(9-12-5-2-3-6-14(11)12)10-16-15-7-4-8-17(20)18(15)21-19(16)22/h4,7-8,10H,2-3,5-6,9H2,1H3,(H,21,22). The van der Waals surface area contributed by atoms with Gasteiger partial charge in [-0.1, -0.05) is 17.7 Å². The van der Waals surface area contributed by atoms with Crippen LogP contribution in [0.25, 0.3) is 5.57 Å². The Morgan fingerprint density at radius 3 is 2.86 bits per heavy atom. The van der Waals surface area contributed by atoms with Crippen molar-refractivity contribution < 1.29 is 9.18 Å². The van der Waals surface area contributed by atoms with Crippen molar-refractivity contribution in [1.29, 1.82) is 0 Å². The second-order valence-corrected chi connectivity index (χ2v) is 6.29. The molecule has 0 saturated carbocycles. The molecular weight excluding hydrogens is 277 g/mol. The second-order valence-electron chi connectivity index (χ2n) is 6.29. The van der Waals surface area contributed by atoms with Gasteiger partial charge in [0.25, 0.3) is 5.91 Å². The van der Waals surface area contributed by atoms with E-state index in [9.17, 15) is 9.18 Å². The van der Waals surface area contributed by atoms with Crippen LogP contribution >= 0.6 is 0 Å². The van der Waals surface area contributed by atoms with Crippen LogP contribution in [0.4, 0.5) is 10.1 Å². The maximum absolute atomic E-state index is 13.8. The van der Waals surface area contributed by atoms with Gasteiger partial charge in [-0.05, 0) is 67.9 Å².